The molecule has 0 unspecified atom stereocenters. The summed E-state index contributed by atoms with van der Waals surface area (Å²) in [4.78, 5) is 13.7. The molecule has 162 valence electrons. The first-order chi connectivity index (χ1) is 16.1. The van der Waals surface area contributed by atoms with Crippen LogP contribution >= 0.6 is 31.9 Å². The summed E-state index contributed by atoms with van der Waals surface area (Å²) in [7, 11) is 0. The third-order valence-corrected chi connectivity index (χ3v) is 7.51. The highest BCUT2D eigenvalue weighted by Gasteiger charge is 2.14. The molecule has 1 aliphatic heterocycles. The molecule has 5 heterocycles. The van der Waals surface area contributed by atoms with Crippen LogP contribution in [-0.4, -0.2) is 25.0 Å². The molecule has 7 heteroatoms. The lowest BCUT2D eigenvalue weighted by atomic mass is 10.0. The van der Waals surface area contributed by atoms with Gasteiger partial charge in [-0.1, -0.05) is 30.3 Å². The predicted molar refractivity (Wildman–Crippen MR) is 138 cm³/mol. The van der Waals surface area contributed by atoms with E-state index in [1.165, 1.54) is 0 Å². The third kappa shape index (κ3) is 3.44. The van der Waals surface area contributed by atoms with Gasteiger partial charge >= 0.3 is 0 Å². The summed E-state index contributed by atoms with van der Waals surface area (Å²) in [6.07, 6.45) is 0. The van der Waals surface area contributed by atoms with E-state index in [4.69, 9.17) is 0 Å². The van der Waals surface area contributed by atoms with Crippen LogP contribution in [0.1, 0.15) is 28.3 Å². The van der Waals surface area contributed by atoms with E-state index in [2.05, 4.69) is 76.1 Å². The largest absolute Gasteiger partial charge is 0.504 e. The van der Waals surface area contributed by atoms with Crippen LogP contribution in [0.2, 0.25) is 0 Å². The Bertz CT molecular complexity index is 1750. The summed E-state index contributed by atoms with van der Waals surface area (Å²) in [6, 6.07) is 26.1. The van der Waals surface area contributed by atoms with Gasteiger partial charge in [0, 0.05) is 16.6 Å². The van der Waals surface area contributed by atoms with E-state index < -0.39 is 0 Å². The zero-order valence-corrected chi connectivity index (χ0v) is 20.4. The van der Waals surface area contributed by atoms with Gasteiger partial charge in [-0.25, -0.2) is 0 Å². The normalized spacial score (nSPS) is 13.6. The maximum Gasteiger partial charge on any atom is 0.162 e. The molecule has 1 aromatic carbocycles. The van der Waals surface area contributed by atoms with E-state index in [1.807, 2.05) is 54.6 Å². The molecule has 33 heavy (non-hydrogen) atoms. The predicted octanol–water partition coefficient (Wildman–Crippen LogP) is 3.38. The molecule has 0 saturated heterocycles. The number of aromatic amines is 4. The smallest absolute Gasteiger partial charge is 0.162 e. The number of fused-ring (bicyclic) bond motifs is 8. The Morgan fingerprint density at radius 3 is 1.70 bits per heavy atom. The second-order valence-corrected chi connectivity index (χ2v) is 9.45. The minimum atomic E-state index is 0.155. The van der Waals surface area contributed by atoms with Gasteiger partial charge in [0.05, 0.1) is 42.1 Å². The fourth-order valence-corrected chi connectivity index (χ4v) is 5.08. The van der Waals surface area contributed by atoms with Crippen molar-refractivity contribution in [2.24, 2.45) is 0 Å². The highest BCUT2D eigenvalue weighted by molar-refractivity contribution is 9.15. The number of benzene rings is 1. The van der Waals surface area contributed by atoms with Gasteiger partial charge in [0.25, 0.3) is 0 Å². The van der Waals surface area contributed by atoms with Crippen molar-refractivity contribution in [1.29, 1.82) is 0 Å². The number of halogens is 2. The summed E-state index contributed by atoms with van der Waals surface area (Å²) >= 11 is 7.46. The Hall–Kier alpha value is -3.42. The lowest BCUT2D eigenvalue weighted by Gasteiger charge is -2.06. The van der Waals surface area contributed by atoms with Crippen molar-refractivity contribution in [3.05, 3.63) is 129 Å². The molecule has 4 aromatic heterocycles. The first-order valence-electron chi connectivity index (χ1n) is 10.4. The molecular formula is C26H18Br2N4O. The average molecular weight is 562 g/mol. The van der Waals surface area contributed by atoms with Crippen molar-refractivity contribution in [3.63, 3.8) is 0 Å². The van der Waals surface area contributed by atoms with Crippen LogP contribution in [0.15, 0.2) is 78.9 Å². The van der Waals surface area contributed by atoms with E-state index in [0.29, 0.717) is 11.0 Å². The Kier molecular flexibility index (Phi) is 4.81. The quantitative estimate of drug-likeness (QED) is 0.214. The number of nitrogens with one attached hydrogen (secondary N) is 4. The first-order valence-corrected chi connectivity index (χ1v) is 12.0. The number of hydrogen-bond acceptors (Lipinski definition) is 1. The van der Waals surface area contributed by atoms with E-state index >= 15 is 0 Å². The van der Waals surface area contributed by atoms with Crippen molar-refractivity contribution in [1.82, 2.24) is 19.9 Å². The molecule has 6 rings (SSSR count). The number of H-pyrrole nitrogens is 4. The number of hydrogen-bond donors (Lipinski definition) is 5. The number of aliphatic hydroxyl groups excluding tert-OH is 1. The minimum absolute atomic E-state index is 0.155. The van der Waals surface area contributed by atoms with Gasteiger partial charge in [-0.05, 0) is 86.0 Å². The van der Waals surface area contributed by atoms with Crippen LogP contribution in [-0.2, 0) is 0 Å². The fraction of sp³-hybridized carbons (Fsp3) is 0. The molecule has 0 radical (unpaired) electrons. The highest BCUT2D eigenvalue weighted by Crippen LogP contribution is 2.24. The highest BCUT2D eigenvalue weighted by atomic mass is 79.9. The average Bonchev–Trinajstić information content (AvgIpc) is 3.65. The monoisotopic (exact) mass is 560 g/mol. The van der Waals surface area contributed by atoms with E-state index in [-0.39, 0.29) is 5.76 Å². The van der Waals surface area contributed by atoms with Gasteiger partial charge in [-0.3, -0.25) is 0 Å². The van der Waals surface area contributed by atoms with Gasteiger partial charge in [0.1, 0.15) is 0 Å². The Morgan fingerprint density at radius 2 is 1.00 bits per heavy atom. The lowest BCUT2D eigenvalue weighted by Crippen LogP contribution is -2.16. The van der Waals surface area contributed by atoms with E-state index in [1.54, 1.807) is 0 Å². The van der Waals surface area contributed by atoms with Crippen LogP contribution in [0.25, 0.3) is 20.3 Å². The van der Waals surface area contributed by atoms with Crippen molar-refractivity contribution in [2.75, 3.05) is 0 Å². The van der Waals surface area contributed by atoms with E-state index in [0.717, 1.165) is 53.2 Å². The number of aromatic nitrogens is 4. The van der Waals surface area contributed by atoms with Gasteiger partial charge < -0.3 is 25.0 Å². The zero-order valence-electron chi connectivity index (χ0n) is 17.2. The molecule has 1 aliphatic rings. The second-order valence-electron chi connectivity index (χ2n) is 7.86. The van der Waals surface area contributed by atoms with Crippen LogP contribution in [0.5, 0.6) is 0 Å². The zero-order chi connectivity index (χ0) is 22.5. The van der Waals surface area contributed by atoms with Gasteiger partial charge in [-0.15, -0.1) is 0 Å². The van der Waals surface area contributed by atoms with Crippen molar-refractivity contribution in [3.8, 4) is 0 Å². The molecule has 5 aromatic rings. The molecule has 0 atom stereocenters. The molecular weight excluding hydrogens is 544 g/mol. The number of rotatable bonds is 1. The van der Waals surface area contributed by atoms with Gasteiger partial charge in [0.15, 0.2) is 5.76 Å². The molecule has 8 bridgehead atoms. The van der Waals surface area contributed by atoms with Crippen molar-refractivity contribution < 1.29 is 5.11 Å². The summed E-state index contributed by atoms with van der Waals surface area (Å²) in [6.45, 7) is 0. The second kappa shape index (κ2) is 7.86. The Balaban J connectivity index is 1.74. The maximum absolute atomic E-state index is 11.0. The molecule has 0 fully saturated rings. The molecule has 0 amide bonds. The third-order valence-electron chi connectivity index (χ3n) is 5.80. The molecule has 0 spiro atoms. The standard InChI is InChI=1S/C26H18Br2N4O/c27-24-17-8-6-15(29-17)23(14-4-2-1-3-5-14)16-7-12-21(30-16)26(33)22-13-11-20(32-22)25(28)19-10-9-18(24)31-19/h1-13,29-33H. The van der Waals surface area contributed by atoms with Crippen molar-refractivity contribution in [2.45, 2.75) is 0 Å². The van der Waals surface area contributed by atoms with Gasteiger partial charge in [0.2, 0.25) is 0 Å². The molecule has 5 N–H and O–H groups in total. The van der Waals surface area contributed by atoms with E-state index in [9.17, 15) is 5.11 Å². The van der Waals surface area contributed by atoms with Crippen LogP contribution in [0, 0.1) is 0 Å². The molecule has 0 saturated carbocycles. The summed E-state index contributed by atoms with van der Waals surface area (Å²) in [5.74, 6) is 0.155. The Morgan fingerprint density at radius 1 is 0.485 bits per heavy atom. The van der Waals surface area contributed by atoms with Crippen molar-refractivity contribution >= 4 is 52.2 Å². The lowest BCUT2D eigenvalue weighted by molar-refractivity contribution is 0.503. The topological polar surface area (TPSA) is 83.4 Å². The van der Waals surface area contributed by atoms with Crippen LogP contribution in [0.3, 0.4) is 0 Å². The van der Waals surface area contributed by atoms with Crippen LogP contribution in [0.4, 0.5) is 0 Å². The fourth-order valence-electron chi connectivity index (χ4n) is 4.16. The SMILES string of the molecule is OC1=c2ccc([nH]2)=C(Br)c2ccc([nH]2)C(Br)=c2ccc([nH]2)=C(c2ccccc2)c2ccc1[nH]2. The van der Waals surface area contributed by atoms with Crippen LogP contribution < -0.4 is 21.4 Å². The summed E-state index contributed by atoms with van der Waals surface area (Å²) in [5, 5.41) is 14.4. The molecule has 5 nitrogen and oxygen atoms in total. The first kappa shape index (κ1) is 20.2. The summed E-state index contributed by atoms with van der Waals surface area (Å²) < 4.78 is 1.81. The maximum atomic E-state index is 11.0. The molecule has 0 aliphatic carbocycles. The minimum Gasteiger partial charge on any atom is -0.504 e. The Labute approximate surface area is 205 Å². The summed E-state index contributed by atoms with van der Waals surface area (Å²) in [5.41, 5.74) is 5.50. The van der Waals surface area contributed by atoms with Gasteiger partial charge in [-0.2, -0.15) is 0 Å². The number of aliphatic hydroxyl groups is 1.